The molecule has 3 aromatic rings. The highest BCUT2D eigenvalue weighted by Gasteiger charge is 2.40. The fraction of sp³-hybridized carbons (Fsp3) is 0.400. The first-order valence-electron chi connectivity index (χ1n) is 11.3. The molecule has 0 saturated heterocycles. The van der Waals surface area contributed by atoms with Gasteiger partial charge < -0.3 is 10.1 Å². The van der Waals surface area contributed by atoms with Crippen LogP contribution in [0.15, 0.2) is 41.1 Å². The van der Waals surface area contributed by atoms with Crippen LogP contribution in [0.2, 0.25) is 5.02 Å². The predicted molar refractivity (Wildman–Crippen MR) is 143 cm³/mol. The summed E-state index contributed by atoms with van der Waals surface area (Å²) < 4.78 is 6.78. The summed E-state index contributed by atoms with van der Waals surface area (Å²) in [5.74, 6) is 0.428. The Labute approximate surface area is 218 Å². The second-order valence-corrected chi connectivity index (χ2v) is 11.6. The van der Waals surface area contributed by atoms with Gasteiger partial charge in [-0.05, 0) is 34.5 Å². The van der Waals surface area contributed by atoms with Crippen molar-refractivity contribution in [1.82, 2.24) is 15.1 Å². The number of amides is 2. The Bertz CT molecular complexity index is 1200. The van der Waals surface area contributed by atoms with Gasteiger partial charge in [0.05, 0.1) is 34.0 Å². The lowest BCUT2D eigenvalue weighted by Gasteiger charge is -2.24. The minimum absolute atomic E-state index is 0.104. The monoisotopic (exact) mass is 532 g/mol. The number of thiophene rings is 1. The van der Waals surface area contributed by atoms with E-state index in [2.05, 4.69) is 37.5 Å². The molecule has 0 bridgehead atoms. The van der Waals surface area contributed by atoms with Gasteiger partial charge in [0, 0.05) is 24.6 Å². The largest absolute Gasteiger partial charge is 0.383 e. The third-order valence-electron chi connectivity index (χ3n) is 5.66. The average molecular weight is 533 g/mol. The second kappa shape index (κ2) is 10.7. The molecule has 0 aliphatic carbocycles. The molecule has 186 valence electrons. The first-order valence-corrected chi connectivity index (χ1v) is 13.7. The van der Waals surface area contributed by atoms with Crippen LogP contribution in [0.25, 0.3) is 5.69 Å². The number of anilines is 1. The number of halogens is 1. The maximum atomic E-state index is 13.5. The van der Waals surface area contributed by atoms with Crippen molar-refractivity contribution >= 4 is 52.3 Å². The van der Waals surface area contributed by atoms with Gasteiger partial charge in [-0.25, -0.2) is 4.68 Å². The van der Waals surface area contributed by atoms with Crippen molar-refractivity contribution in [3.63, 3.8) is 0 Å². The molecule has 1 aromatic carbocycles. The summed E-state index contributed by atoms with van der Waals surface area (Å²) >= 11 is 9.80. The summed E-state index contributed by atoms with van der Waals surface area (Å²) in [6.07, 6.45) is 0. The van der Waals surface area contributed by atoms with Crippen molar-refractivity contribution in [1.29, 1.82) is 0 Å². The molecular weight excluding hydrogens is 504 g/mol. The maximum absolute atomic E-state index is 13.5. The Morgan fingerprint density at radius 1 is 1.29 bits per heavy atom. The van der Waals surface area contributed by atoms with E-state index in [4.69, 9.17) is 21.4 Å². The standard InChI is InChI=1S/C25H29ClN4O3S2/c1-25(2,3)23-21-22(16-9-12-34-14-16)35-15-20(32)29(13-19(31)27-10-11-33-4)24(21)30(28-23)18-8-6-5-7-17(18)26/h5-9,12,14,22H,10-11,13,15H2,1-4H3,(H,27,31)/t22-/m1/s1. The molecule has 1 N–H and O–H groups in total. The maximum Gasteiger partial charge on any atom is 0.240 e. The number of ether oxygens (including phenoxy) is 1. The number of fused-ring (bicyclic) bond motifs is 1. The summed E-state index contributed by atoms with van der Waals surface area (Å²) in [6.45, 7) is 6.97. The van der Waals surface area contributed by atoms with Crippen LogP contribution in [0.5, 0.6) is 0 Å². The zero-order chi connectivity index (χ0) is 25.2. The molecule has 2 amide bonds. The molecule has 35 heavy (non-hydrogen) atoms. The lowest BCUT2D eigenvalue weighted by Crippen LogP contribution is -2.43. The number of carbonyl (C=O) groups is 2. The highest BCUT2D eigenvalue weighted by Crippen LogP contribution is 2.49. The minimum atomic E-state index is -0.314. The van der Waals surface area contributed by atoms with E-state index >= 15 is 0 Å². The van der Waals surface area contributed by atoms with Crippen LogP contribution in [0.1, 0.15) is 42.8 Å². The highest BCUT2D eigenvalue weighted by atomic mass is 35.5. The number of rotatable bonds is 7. The van der Waals surface area contributed by atoms with Crippen LogP contribution in [-0.2, 0) is 19.7 Å². The fourth-order valence-electron chi connectivity index (χ4n) is 4.04. The molecule has 0 saturated carbocycles. The van der Waals surface area contributed by atoms with Gasteiger partial charge in [-0.2, -0.15) is 16.4 Å². The van der Waals surface area contributed by atoms with Crippen molar-refractivity contribution < 1.29 is 14.3 Å². The van der Waals surface area contributed by atoms with Crippen LogP contribution in [0, 0.1) is 0 Å². The Morgan fingerprint density at radius 3 is 2.71 bits per heavy atom. The van der Waals surface area contributed by atoms with E-state index in [0.29, 0.717) is 29.7 Å². The van der Waals surface area contributed by atoms with Crippen LogP contribution in [-0.4, -0.2) is 54.2 Å². The number of benzene rings is 1. The predicted octanol–water partition coefficient (Wildman–Crippen LogP) is 4.82. The van der Waals surface area contributed by atoms with Crippen molar-refractivity contribution in [2.45, 2.75) is 31.4 Å². The second-order valence-electron chi connectivity index (χ2n) is 9.27. The summed E-state index contributed by atoms with van der Waals surface area (Å²) in [6, 6.07) is 9.50. The zero-order valence-electron chi connectivity index (χ0n) is 20.2. The number of para-hydroxylation sites is 1. The molecule has 2 aromatic heterocycles. The van der Waals surface area contributed by atoms with E-state index in [1.165, 1.54) is 0 Å². The SMILES string of the molecule is COCCNC(=O)CN1C(=O)CS[C@H](c2ccsc2)c2c(C(C)(C)C)nn(-c3ccccc3Cl)c21. The van der Waals surface area contributed by atoms with Gasteiger partial charge in [0.1, 0.15) is 12.4 Å². The number of hydrogen-bond donors (Lipinski definition) is 1. The van der Waals surface area contributed by atoms with E-state index < -0.39 is 0 Å². The van der Waals surface area contributed by atoms with Crippen LogP contribution < -0.4 is 10.2 Å². The molecule has 0 unspecified atom stereocenters. The number of thioether (sulfide) groups is 1. The molecule has 1 atom stereocenters. The van der Waals surface area contributed by atoms with Crippen molar-refractivity contribution in [2.75, 3.05) is 37.5 Å². The van der Waals surface area contributed by atoms with E-state index in [0.717, 1.165) is 16.8 Å². The van der Waals surface area contributed by atoms with E-state index in [9.17, 15) is 9.59 Å². The van der Waals surface area contributed by atoms with Gasteiger partial charge in [-0.15, -0.1) is 11.8 Å². The van der Waals surface area contributed by atoms with Gasteiger partial charge in [-0.3, -0.25) is 14.5 Å². The molecule has 10 heteroatoms. The Morgan fingerprint density at radius 2 is 2.06 bits per heavy atom. The van der Waals surface area contributed by atoms with Gasteiger partial charge in [0.2, 0.25) is 11.8 Å². The lowest BCUT2D eigenvalue weighted by molar-refractivity contribution is -0.123. The molecule has 3 heterocycles. The molecule has 0 radical (unpaired) electrons. The van der Waals surface area contributed by atoms with Crippen molar-refractivity contribution in [3.05, 3.63) is 62.9 Å². The first kappa shape index (κ1) is 25.8. The summed E-state index contributed by atoms with van der Waals surface area (Å²) in [5, 5.41) is 12.4. The minimum Gasteiger partial charge on any atom is -0.383 e. The highest BCUT2D eigenvalue weighted by molar-refractivity contribution is 8.00. The molecule has 0 spiro atoms. The third kappa shape index (κ3) is 5.43. The zero-order valence-corrected chi connectivity index (χ0v) is 22.6. The lowest BCUT2D eigenvalue weighted by atomic mass is 9.87. The van der Waals surface area contributed by atoms with Crippen molar-refractivity contribution in [2.24, 2.45) is 0 Å². The van der Waals surface area contributed by atoms with Gasteiger partial charge in [-0.1, -0.05) is 44.5 Å². The fourth-order valence-corrected chi connectivity index (χ4v) is 6.22. The number of aromatic nitrogens is 2. The molecular formula is C25H29ClN4O3S2. The quantitative estimate of drug-likeness (QED) is 0.442. The van der Waals surface area contributed by atoms with Crippen LogP contribution in [0.3, 0.4) is 0 Å². The molecule has 1 aliphatic rings. The normalized spacial score (nSPS) is 16.2. The number of nitrogens with one attached hydrogen (secondary N) is 1. The number of methoxy groups -OCH3 is 1. The summed E-state index contributed by atoms with van der Waals surface area (Å²) in [4.78, 5) is 27.9. The Balaban J connectivity index is 1.94. The first-order chi connectivity index (χ1) is 16.7. The van der Waals surface area contributed by atoms with Gasteiger partial charge >= 0.3 is 0 Å². The van der Waals surface area contributed by atoms with Gasteiger partial charge in [0.25, 0.3) is 0 Å². The molecule has 0 fully saturated rings. The third-order valence-corrected chi connectivity index (χ3v) is 7.93. The average Bonchev–Trinajstić information content (AvgIpc) is 3.44. The molecule has 1 aliphatic heterocycles. The smallest absolute Gasteiger partial charge is 0.240 e. The Hall–Kier alpha value is -2.33. The van der Waals surface area contributed by atoms with Gasteiger partial charge in [0.15, 0.2) is 0 Å². The number of hydrogen-bond acceptors (Lipinski definition) is 6. The summed E-state index contributed by atoms with van der Waals surface area (Å²) in [5.41, 5.74) is 3.27. The van der Waals surface area contributed by atoms with E-state index in [1.807, 2.05) is 23.6 Å². The molecule has 7 nitrogen and oxygen atoms in total. The number of nitrogens with zero attached hydrogens (tertiary/aromatic N) is 3. The topological polar surface area (TPSA) is 76.5 Å². The van der Waals surface area contributed by atoms with Crippen molar-refractivity contribution in [3.8, 4) is 5.69 Å². The number of carbonyl (C=O) groups excluding carboxylic acids is 2. The summed E-state index contributed by atoms with van der Waals surface area (Å²) in [7, 11) is 1.58. The van der Waals surface area contributed by atoms with E-state index in [-0.39, 0.29) is 34.8 Å². The van der Waals surface area contributed by atoms with Crippen LogP contribution in [0.4, 0.5) is 5.82 Å². The molecule has 4 rings (SSSR count). The van der Waals surface area contributed by atoms with E-state index in [1.54, 1.807) is 45.9 Å². The van der Waals surface area contributed by atoms with Crippen LogP contribution >= 0.6 is 34.7 Å². The Kier molecular flexibility index (Phi) is 7.90.